The smallest absolute Gasteiger partial charge is 0.134 e. The van der Waals surface area contributed by atoms with E-state index in [4.69, 9.17) is 14.7 Å². The fourth-order valence-corrected chi connectivity index (χ4v) is 2.67. The molecule has 0 spiro atoms. The Kier molecular flexibility index (Phi) is 3.37. The van der Waals surface area contributed by atoms with Gasteiger partial charge in [0.25, 0.3) is 0 Å². The minimum absolute atomic E-state index is 0.310. The zero-order valence-corrected chi connectivity index (χ0v) is 11.0. The van der Waals surface area contributed by atoms with Gasteiger partial charge in [-0.05, 0) is 23.6 Å². The number of thiophene rings is 1. The number of rotatable bonds is 4. The molecule has 0 fully saturated rings. The monoisotopic (exact) mass is 275 g/mol. The Morgan fingerprint density at radius 3 is 3.11 bits per heavy atom. The van der Waals surface area contributed by atoms with Crippen LogP contribution in [0.4, 0.5) is 0 Å². The van der Waals surface area contributed by atoms with Crippen molar-refractivity contribution in [2.75, 3.05) is 13.2 Å². The number of hydrogen-bond acceptors (Lipinski definition) is 5. The van der Waals surface area contributed by atoms with Crippen LogP contribution in [0.15, 0.2) is 40.9 Å². The van der Waals surface area contributed by atoms with Crippen LogP contribution in [0.25, 0.3) is 0 Å². The molecule has 0 unspecified atom stereocenters. The molecule has 0 bridgehead atoms. The van der Waals surface area contributed by atoms with Crippen LogP contribution in [0.1, 0.15) is 10.4 Å². The lowest BCUT2D eigenvalue weighted by molar-refractivity contribution is 0.312. The second-order valence-electron chi connectivity index (χ2n) is 4.17. The molecule has 0 atom stereocenters. The summed E-state index contributed by atoms with van der Waals surface area (Å²) in [7, 11) is 0. The molecule has 1 aliphatic heterocycles. The second kappa shape index (κ2) is 5.32. The zero-order chi connectivity index (χ0) is 13.1. The van der Waals surface area contributed by atoms with E-state index in [-0.39, 0.29) is 0 Å². The molecule has 5 heteroatoms. The van der Waals surface area contributed by atoms with E-state index < -0.39 is 0 Å². The van der Waals surface area contributed by atoms with Crippen LogP contribution in [0.5, 0.6) is 11.5 Å². The molecule has 0 aliphatic carbocycles. The first-order valence-corrected chi connectivity index (χ1v) is 6.88. The van der Waals surface area contributed by atoms with E-state index in [1.807, 2.05) is 24.3 Å². The third kappa shape index (κ3) is 2.56. The lowest BCUT2D eigenvalue weighted by atomic mass is 10.1. The summed E-state index contributed by atoms with van der Waals surface area (Å²) in [4.78, 5) is 1.31. The van der Waals surface area contributed by atoms with Crippen molar-refractivity contribution in [1.82, 2.24) is 0 Å². The SMILES string of the molecule is ON=C1COc2cc(OCCc3cccs3)ccc21. The molecule has 1 N–H and O–H groups in total. The molecule has 0 saturated heterocycles. The van der Waals surface area contributed by atoms with E-state index in [1.165, 1.54) is 4.88 Å². The average Bonchev–Trinajstić information content (AvgIpc) is 3.07. The highest BCUT2D eigenvalue weighted by Crippen LogP contribution is 2.30. The van der Waals surface area contributed by atoms with Gasteiger partial charge in [-0.3, -0.25) is 0 Å². The molecule has 0 saturated carbocycles. The van der Waals surface area contributed by atoms with Gasteiger partial charge in [-0.15, -0.1) is 11.3 Å². The Balaban J connectivity index is 1.64. The van der Waals surface area contributed by atoms with Crippen LogP contribution in [0.3, 0.4) is 0 Å². The highest BCUT2D eigenvalue weighted by Gasteiger charge is 2.20. The molecule has 19 heavy (non-hydrogen) atoms. The van der Waals surface area contributed by atoms with Crippen LogP contribution in [-0.4, -0.2) is 24.1 Å². The number of hydrogen-bond donors (Lipinski definition) is 1. The quantitative estimate of drug-likeness (QED) is 0.689. The molecule has 0 amide bonds. The van der Waals surface area contributed by atoms with Gasteiger partial charge in [-0.25, -0.2) is 0 Å². The van der Waals surface area contributed by atoms with Gasteiger partial charge in [0, 0.05) is 22.9 Å². The van der Waals surface area contributed by atoms with Crippen molar-refractivity contribution in [1.29, 1.82) is 0 Å². The zero-order valence-electron chi connectivity index (χ0n) is 10.2. The van der Waals surface area contributed by atoms with Crippen molar-refractivity contribution >= 4 is 17.0 Å². The summed E-state index contributed by atoms with van der Waals surface area (Å²) < 4.78 is 11.1. The standard InChI is InChI=1S/C14H13NO3S/c16-15-13-9-18-14-8-10(3-4-12(13)14)17-6-5-11-2-1-7-19-11/h1-4,7-8,16H,5-6,9H2. The van der Waals surface area contributed by atoms with E-state index in [1.54, 1.807) is 11.3 Å². The first kappa shape index (κ1) is 12.0. The van der Waals surface area contributed by atoms with Crippen molar-refractivity contribution in [2.24, 2.45) is 5.16 Å². The molecule has 98 valence electrons. The van der Waals surface area contributed by atoms with Crippen LogP contribution >= 0.6 is 11.3 Å². The molecule has 4 nitrogen and oxygen atoms in total. The molecule has 2 aromatic rings. The highest BCUT2D eigenvalue weighted by molar-refractivity contribution is 7.09. The summed E-state index contributed by atoms with van der Waals surface area (Å²) in [6.07, 6.45) is 0.902. The minimum Gasteiger partial charge on any atom is -0.493 e. The van der Waals surface area contributed by atoms with Gasteiger partial charge in [0.15, 0.2) is 0 Å². The number of oxime groups is 1. The van der Waals surface area contributed by atoms with E-state index in [9.17, 15) is 0 Å². The fraction of sp³-hybridized carbons (Fsp3) is 0.214. The van der Waals surface area contributed by atoms with Crippen molar-refractivity contribution in [3.63, 3.8) is 0 Å². The van der Waals surface area contributed by atoms with Crippen LogP contribution in [-0.2, 0) is 6.42 Å². The van der Waals surface area contributed by atoms with Crippen molar-refractivity contribution < 1.29 is 14.7 Å². The summed E-state index contributed by atoms with van der Waals surface area (Å²) in [5.41, 5.74) is 1.38. The Hall–Kier alpha value is -2.01. The largest absolute Gasteiger partial charge is 0.493 e. The van der Waals surface area contributed by atoms with Gasteiger partial charge in [0.1, 0.15) is 23.8 Å². The van der Waals surface area contributed by atoms with Crippen LogP contribution in [0, 0.1) is 0 Å². The summed E-state index contributed by atoms with van der Waals surface area (Å²) in [5.74, 6) is 1.48. The second-order valence-corrected chi connectivity index (χ2v) is 5.20. The molecule has 2 heterocycles. The number of nitrogens with zero attached hydrogens (tertiary/aromatic N) is 1. The summed E-state index contributed by atoms with van der Waals surface area (Å²) in [5, 5.41) is 14.1. The molecule has 1 aliphatic rings. The van der Waals surface area contributed by atoms with Crippen molar-refractivity contribution in [3.05, 3.63) is 46.2 Å². The molecule has 1 aromatic heterocycles. The first-order chi connectivity index (χ1) is 9.36. The maximum Gasteiger partial charge on any atom is 0.134 e. The molecule has 0 radical (unpaired) electrons. The van der Waals surface area contributed by atoms with Crippen molar-refractivity contribution in [2.45, 2.75) is 6.42 Å². The maximum atomic E-state index is 8.81. The summed E-state index contributed by atoms with van der Waals surface area (Å²) in [6, 6.07) is 9.70. The normalized spacial score (nSPS) is 15.3. The van der Waals surface area contributed by atoms with Gasteiger partial charge in [0.05, 0.1) is 6.61 Å². The summed E-state index contributed by atoms with van der Waals surface area (Å²) >= 11 is 1.73. The van der Waals surface area contributed by atoms with Gasteiger partial charge >= 0.3 is 0 Å². The molecular formula is C14H13NO3S. The van der Waals surface area contributed by atoms with Gasteiger partial charge in [-0.2, -0.15) is 0 Å². The number of benzene rings is 1. The van der Waals surface area contributed by atoms with E-state index in [0.717, 1.165) is 17.7 Å². The number of ether oxygens (including phenoxy) is 2. The third-order valence-electron chi connectivity index (χ3n) is 2.95. The van der Waals surface area contributed by atoms with Gasteiger partial charge in [-0.1, -0.05) is 11.2 Å². The molecule has 3 rings (SSSR count). The fourth-order valence-electron chi connectivity index (χ4n) is 1.98. The lowest BCUT2D eigenvalue weighted by Gasteiger charge is -2.06. The lowest BCUT2D eigenvalue weighted by Crippen LogP contribution is -2.01. The van der Waals surface area contributed by atoms with Gasteiger partial charge in [0.2, 0.25) is 0 Å². The topological polar surface area (TPSA) is 51.1 Å². The van der Waals surface area contributed by atoms with Crippen molar-refractivity contribution in [3.8, 4) is 11.5 Å². The summed E-state index contributed by atoms with van der Waals surface area (Å²) in [6.45, 7) is 0.949. The Morgan fingerprint density at radius 2 is 2.32 bits per heavy atom. The maximum absolute atomic E-state index is 8.81. The highest BCUT2D eigenvalue weighted by atomic mass is 32.1. The van der Waals surface area contributed by atoms with E-state index in [0.29, 0.717) is 24.7 Å². The van der Waals surface area contributed by atoms with Crippen LogP contribution < -0.4 is 9.47 Å². The number of fused-ring (bicyclic) bond motifs is 1. The average molecular weight is 275 g/mol. The minimum atomic E-state index is 0.310. The van der Waals surface area contributed by atoms with E-state index in [2.05, 4.69) is 16.6 Å². The Bertz CT molecular complexity index is 593. The van der Waals surface area contributed by atoms with E-state index >= 15 is 0 Å². The Labute approximate surface area is 114 Å². The predicted octanol–water partition coefficient (Wildman–Crippen LogP) is 2.94. The van der Waals surface area contributed by atoms with Gasteiger partial charge < -0.3 is 14.7 Å². The predicted molar refractivity (Wildman–Crippen MR) is 73.8 cm³/mol. The van der Waals surface area contributed by atoms with Crippen LogP contribution in [0.2, 0.25) is 0 Å². The molecular weight excluding hydrogens is 262 g/mol. The third-order valence-corrected chi connectivity index (χ3v) is 3.88. The molecule has 1 aromatic carbocycles. The Morgan fingerprint density at radius 1 is 1.37 bits per heavy atom. The first-order valence-electron chi connectivity index (χ1n) is 6.00.